The minimum Gasteiger partial charge on any atom is -0.338 e. The van der Waals surface area contributed by atoms with Crippen molar-refractivity contribution in [1.82, 2.24) is 19.7 Å². The third-order valence-electron chi connectivity index (χ3n) is 5.81. The zero-order valence-electron chi connectivity index (χ0n) is 16.7. The third-order valence-corrected chi connectivity index (χ3v) is 6.12. The van der Waals surface area contributed by atoms with Crippen LogP contribution in [0.5, 0.6) is 0 Å². The van der Waals surface area contributed by atoms with Crippen LogP contribution in [0.2, 0.25) is 5.02 Å². The quantitative estimate of drug-likeness (QED) is 0.654. The molecule has 0 saturated heterocycles. The molecular formula is C21H22ClFN6O. The number of aromatic nitrogens is 3. The van der Waals surface area contributed by atoms with Gasteiger partial charge in [-0.25, -0.2) is 4.39 Å². The summed E-state index contributed by atoms with van der Waals surface area (Å²) in [7, 11) is 4.05. The molecule has 1 aliphatic rings. The Balaban J connectivity index is 1.76. The van der Waals surface area contributed by atoms with Crippen molar-refractivity contribution in [2.45, 2.75) is 31.3 Å². The maximum absolute atomic E-state index is 13.9. The number of rotatable bonds is 4. The number of nitrogens with one attached hydrogen (secondary N) is 2. The lowest BCUT2D eigenvalue weighted by molar-refractivity contribution is 0.160. The standard InChI is InChI=1S/C21H22ClFN6O/c1-28(2)14-4-6-17(12(9-14)11-24)29-18-7-8-25-21(30)19(18)20(27-29)26-13-3-5-15(22)16(23)10-13/h3,5,7-8,10,12,14,17H,4,6,9H2,1-2H3,(H,25,30)(H,26,27). The van der Waals surface area contributed by atoms with Gasteiger partial charge in [-0.15, -0.1) is 0 Å². The van der Waals surface area contributed by atoms with Gasteiger partial charge < -0.3 is 15.2 Å². The van der Waals surface area contributed by atoms with Gasteiger partial charge in [-0.05, 0) is 57.6 Å². The van der Waals surface area contributed by atoms with E-state index >= 15 is 0 Å². The predicted molar refractivity (Wildman–Crippen MR) is 115 cm³/mol. The monoisotopic (exact) mass is 428 g/mol. The second-order valence-corrected chi connectivity index (χ2v) is 8.25. The normalized spacial score (nSPS) is 21.7. The minimum atomic E-state index is -0.564. The summed E-state index contributed by atoms with van der Waals surface area (Å²) in [6, 6.07) is 8.72. The number of nitrogens with zero attached hydrogens (tertiary/aromatic N) is 4. The lowest BCUT2D eigenvalue weighted by Crippen LogP contribution is -2.37. The van der Waals surface area contributed by atoms with Crippen molar-refractivity contribution in [3.63, 3.8) is 0 Å². The fourth-order valence-corrected chi connectivity index (χ4v) is 4.30. The summed E-state index contributed by atoms with van der Waals surface area (Å²) in [5.74, 6) is -0.472. The Hall–Kier alpha value is -2.89. The number of anilines is 2. The van der Waals surface area contributed by atoms with Crippen molar-refractivity contribution in [3.8, 4) is 6.07 Å². The first-order valence-corrected chi connectivity index (χ1v) is 10.1. The number of halogens is 2. The van der Waals surface area contributed by atoms with Crippen LogP contribution < -0.4 is 10.9 Å². The lowest BCUT2D eigenvalue weighted by atomic mass is 9.82. The Morgan fingerprint density at radius 1 is 1.37 bits per heavy atom. The van der Waals surface area contributed by atoms with Gasteiger partial charge in [-0.3, -0.25) is 9.48 Å². The second-order valence-electron chi connectivity index (χ2n) is 7.85. The first-order chi connectivity index (χ1) is 14.4. The van der Waals surface area contributed by atoms with E-state index in [1.165, 1.54) is 12.1 Å². The molecule has 2 N–H and O–H groups in total. The Bertz CT molecular complexity index is 1180. The highest BCUT2D eigenvalue weighted by Gasteiger charge is 2.34. The van der Waals surface area contributed by atoms with Crippen LogP contribution in [-0.2, 0) is 0 Å². The van der Waals surface area contributed by atoms with Crippen molar-refractivity contribution in [1.29, 1.82) is 5.26 Å². The van der Waals surface area contributed by atoms with E-state index in [9.17, 15) is 14.4 Å². The number of benzene rings is 1. The Morgan fingerprint density at radius 3 is 2.87 bits per heavy atom. The molecule has 2 aromatic heterocycles. The van der Waals surface area contributed by atoms with Crippen molar-refractivity contribution >= 4 is 34.0 Å². The van der Waals surface area contributed by atoms with Gasteiger partial charge in [-0.2, -0.15) is 10.4 Å². The molecule has 3 unspecified atom stereocenters. The van der Waals surface area contributed by atoms with Crippen molar-refractivity contribution in [2.75, 3.05) is 19.4 Å². The zero-order chi connectivity index (χ0) is 21.4. The largest absolute Gasteiger partial charge is 0.338 e. The first-order valence-electron chi connectivity index (χ1n) is 9.77. The summed E-state index contributed by atoms with van der Waals surface area (Å²) >= 11 is 5.76. The Labute approximate surface area is 178 Å². The van der Waals surface area contributed by atoms with Gasteiger partial charge >= 0.3 is 0 Å². The number of hydrogen-bond donors (Lipinski definition) is 2. The molecule has 1 saturated carbocycles. The number of fused-ring (bicyclic) bond motifs is 1. The molecule has 4 rings (SSSR count). The third kappa shape index (κ3) is 3.66. The van der Waals surface area contributed by atoms with Crippen LogP contribution in [0.4, 0.5) is 15.9 Å². The SMILES string of the molecule is CN(C)C1CCC(n2nc(Nc3ccc(Cl)c(F)c3)c3c(=O)[nH]ccc32)C(C#N)C1. The number of aromatic amines is 1. The molecule has 0 amide bonds. The molecule has 0 radical (unpaired) electrons. The highest BCUT2D eigenvalue weighted by molar-refractivity contribution is 6.30. The smallest absolute Gasteiger partial charge is 0.261 e. The number of pyridine rings is 1. The van der Waals surface area contributed by atoms with Crippen molar-refractivity contribution in [3.05, 3.63) is 51.7 Å². The average Bonchev–Trinajstić information content (AvgIpc) is 3.09. The van der Waals surface area contributed by atoms with E-state index in [4.69, 9.17) is 11.6 Å². The van der Waals surface area contributed by atoms with Gasteiger partial charge in [0, 0.05) is 17.9 Å². The summed E-state index contributed by atoms with van der Waals surface area (Å²) in [5.41, 5.74) is 0.773. The highest BCUT2D eigenvalue weighted by atomic mass is 35.5. The van der Waals surface area contributed by atoms with Crippen LogP contribution in [0.3, 0.4) is 0 Å². The van der Waals surface area contributed by atoms with E-state index in [0.29, 0.717) is 28.5 Å². The molecule has 1 aromatic carbocycles. The molecule has 1 fully saturated rings. The number of H-pyrrole nitrogens is 1. The van der Waals surface area contributed by atoms with Gasteiger partial charge in [0.1, 0.15) is 11.2 Å². The van der Waals surface area contributed by atoms with E-state index in [-0.39, 0.29) is 22.5 Å². The fourth-order valence-electron chi connectivity index (χ4n) is 4.18. The van der Waals surface area contributed by atoms with Crippen LogP contribution in [0.1, 0.15) is 25.3 Å². The summed E-state index contributed by atoms with van der Waals surface area (Å²) in [6.07, 6.45) is 4.02. The summed E-state index contributed by atoms with van der Waals surface area (Å²) in [4.78, 5) is 17.4. The van der Waals surface area contributed by atoms with Crippen LogP contribution in [0, 0.1) is 23.1 Å². The van der Waals surface area contributed by atoms with Crippen molar-refractivity contribution < 1.29 is 4.39 Å². The average molecular weight is 429 g/mol. The molecule has 1 aliphatic carbocycles. The molecule has 0 spiro atoms. The van der Waals surface area contributed by atoms with Gasteiger partial charge in [0.2, 0.25) is 0 Å². The zero-order valence-corrected chi connectivity index (χ0v) is 17.4. The highest BCUT2D eigenvalue weighted by Crippen LogP contribution is 2.38. The van der Waals surface area contributed by atoms with Gasteiger partial charge in [0.05, 0.1) is 28.6 Å². The van der Waals surface area contributed by atoms with E-state index in [0.717, 1.165) is 19.3 Å². The molecule has 0 bridgehead atoms. The molecular weight excluding hydrogens is 407 g/mol. The summed E-state index contributed by atoms with van der Waals surface area (Å²) in [5, 5.41) is 17.9. The summed E-state index contributed by atoms with van der Waals surface area (Å²) in [6.45, 7) is 0. The molecule has 9 heteroatoms. The number of hydrogen-bond acceptors (Lipinski definition) is 5. The number of nitriles is 1. The van der Waals surface area contributed by atoms with Gasteiger partial charge in [0.25, 0.3) is 5.56 Å². The Kier molecular flexibility index (Phi) is 5.50. The lowest BCUT2D eigenvalue weighted by Gasteiger charge is -2.36. The molecule has 3 atom stereocenters. The van der Waals surface area contributed by atoms with Crippen LogP contribution in [0.15, 0.2) is 35.3 Å². The van der Waals surface area contributed by atoms with Crippen LogP contribution >= 0.6 is 11.6 Å². The van der Waals surface area contributed by atoms with E-state index in [1.54, 1.807) is 23.0 Å². The maximum Gasteiger partial charge on any atom is 0.261 e. The second kappa shape index (κ2) is 8.09. The maximum atomic E-state index is 13.9. The molecule has 3 aromatic rings. The van der Waals surface area contributed by atoms with Crippen LogP contribution in [0.25, 0.3) is 10.9 Å². The van der Waals surface area contributed by atoms with Crippen molar-refractivity contribution in [2.24, 2.45) is 5.92 Å². The van der Waals surface area contributed by atoms with Gasteiger partial charge in [0.15, 0.2) is 5.82 Å². The van der Waals surface area contributed by atoms with Crippen LogP contribution in [-0.4, -0.2) is 39.8 Å². The molecule has 0 aliphatic heterocycles. The minimum absolute atomic E-state index is 0.0169. The fraction of sp³-hybridized carbons (Fsp3) is 0.381. The molecule has 2 heterocycles. The van der Waals surface area contributed by atoms with E-state index in [2.05, 4.69) is 26.4 Å². The predicted octanol–water partition coefficient (Wildman–Crippen LogP) is 4.06. The van der Waals surface area contributed by atoms with E-state index in [1.807, 2.05) is 14.1 Å². The topological polar surface area (TPSA) is 89.7 Å². The molecule has 30 heavy (non-hydrogen) atoms. The van der Waals surface area contributed by atoms with Gasteiger partial charge in [-0.1, -0.05) is 11.6 Å². The first kappa shape index (κ1) is 20.4. The summed E-state index contributed by atoms with van der Waals surface area (Å²) < 4.78 is 15.6. The Morgan fingerprint density at radius 2 is 2.17 bits per heavy atom. The van der Waals surface area contributed by atoms with E-state index < -0.39 is 5.82 Å². The molecule has 156 valence electrons. The molecule has 7 nitrogen and oxygen atoms in total.